The molecule has 1 fully saturated rings. The molecule has 0 heterocycles. The second kappa shape index (κ2) is 8.49. The Morgan fingerprint density at radius 2 is 1.79 bits per heavy atom. The summed E-state index contributed by atoms with van der Waals surface area (Å²) in [6.07, 6.45) is 11.5. The highest BCUT2D eigenvalue weighted by molar-refractivity contribution is 5.81. The minimum atomic E-state index is 0.454. The van der Waals surface area contributed by atoms with Gasteiger partial charge in [0, 0.05) is 5.56 Å². The van der Waals surface area contributed by atoms with Crippen LogP contribution in [-0.4, -0.2) is 6.21 Å². The highest BCUT2D eigenvalue weighted by Crippen LogP contribution is 2.33. The maximum absolute atomic E-state index is 5.43. The Balaban J connectivity index is 1.60. The zero-order chi connectivity index (χ0) is 16.6. The van der Waals surface area contributed by atoms with Crippen molar-refractivity contribution >= 4 is 12.3 Å². The van der Waals surface area contributed by atoms with Crippen LogP contribution in [0.3, 0.4) is 0 Å². The van der Waals surface area contributed by atoms with Gasteiger partial charge in [-0.15, -0.1) is 0 Å². The van der Waals surface area contributed by atoms with Crippen LogP contribution in [0.4, 0.5) is 0 Å². The lowest BCUT2D eigenvalue weighted by molar-refractivity contribution is 0.132. The van der Waals surface area contributed by atoms with E-state index in [9.17, 15) is 0 Å². The molecule has 1 saturated carbocycles. The summed E-state index contributed by atoms with van der Waals surface area (Å²) in [5.41, 5.74) is 4.62. The number of hydrogen-bond donors (Lipinski definition) is 0. The predicted molar refractivity (Wildman–Crippen MR) is 100 cm³/mol. The predicted octanol–water partition coefficient (Wildman–Crippen LogP) is 5.81. The minimum Gasteiger partial charge on any atom is -0.390 e. The molecule has 0 spiro atoms. The molecule has 1 aliphatic rings. The number of hydrogen-bond acceptors (Lipinski definition) is 2. The first-order valence-electron chi connectivity index (χ1n) is 8.75. The van der Waals surface area contributed by atoms with Gasteiger partial charge in [-0.2, -0.15) is 0 Å². The number of benzene rings is 2. The normalized spacial score (nSPS) is 15.5. The van der Waals surface area contributed by atoms with Crippen LogP contribution >= 0.6 is 0 Å². The van der Waals surface area contributed by atoms with Gasteiger partial charge in [0.2, 0.25) is 0 Å². The van der Waals surface area contributed by atoms with Crippen LogP contribution in [0.5, 0.6) is 0 Å². The Morgan fingerprint density at radius 3 is 2.54 bits per heavy atom. The lowest BCUT2D eigenvalue weighted by Crippen LogP contribution is -2.07. The molecule has 123 valence electrons. The molecule has 0 N–H and O–H groups in total. The van der Waals surface area contributed by atoms with Gasteiger partial charge in [-0.25, -0.2) is 0 Å². The summed E-state index contributed by atoms with van der Waals surface area (Å²) in [5.74, 6) is 0.643. The van der Waals surface area contributed by atoms with Crippen molar-refractivity contribution in [1.29, 1.82) is 0 Å². The van der Waals surface area contributed by atoms with Crippen LogP contribution in [0.1, 0.15) is 60.3 Å². The molecule has 3 rings (SSSR count). The lowest BCUT2D eigenvalue weighted by Gasteiger charge is -2.23. The summed E-state index contributed by atoms with van der Waals surface area (Å²) in [4.78, 5) is 5.43. The van der Waals surface area contributed by atoms with Crippen molar-refractivity contribution in [3.63, 3.8) is 0 Å². The summed E-state index contributed by atoms with van der Waals surface area (Å²) in [6.45, 7) is 4.21. The molecular formula is C22H24NO. The monoisotopic (exact) mass is 318 g/mol. The van der Waals surface area contributed by atoms with E-state index in [1.54, 1.807) is 0 Å². The van der Waals surface area contributed by atoms with Gasteiger partial charge in [0.15, 0.2) is 0 Å². The summed E-state index contributed by atoms with van der Waals surface area (Å²) in [6, 6.07) is 16.5. The Labute approximate surface area is 144 Å². The number of rotatable bonds is 6. The molecule has 2 heteroatoms. The van der Waals surface area contributed by atoms with Crippen molar-refractivity contribution in [3.05, 3.63) is 77.4 Å². The highest BCUT2D eigenvalue weighted by Gasteiger charge is 2.17. The van der Waals surface area contributed by atoms with E-state index in [1.807, 2.05) is 36.4 Å². The SMILES string of the molecule is C=Cc1ccc(CO/N=[C]\c2ccccc2C2CCCCC2)cc1. The van der Waals surface area contributed by atoms with E-state index in [0.29, 0.717) is 12.5 Å². The second-order valence-electron chi connectivity index (χ2n) is 6.34. The summed E-state index contributed by atoms with van der Waals surface area (Å²) >= 11 is 0. The van der Waals surface area contributed by atoms with E-state index in [2.05, 4.69) is 36.1 Å². The van der Waals surface area contributed by atoms with Crippen molar-refractivity contribution in [2.24, 2.45) is 5.16 Å². The average Bonchev–Trinajstić information content (AvgIpc) is 2.67. The molecule has 2 aromatic carbocycles. The smallest absolute Gasteiger partial charge is 0.142 e. The fourth-order valence-electron chi connectivity index (χ4n) is 3.31. The van der Waals surface area contributed by atoms with Crippen LogP contribution < -0.4 is 0 Å². The fourth-order valence-corrected chi connectivity index (χ4v) is 3.31. The van der Waals surface area contributed by atoms with E-state index in [-0.39, 0.29) is 0 Å². The quantitative estimate of drug-likeness (QED) is 0.487. The third-order valence-electron chi connectivity index (χ3n) is 4.68. The molecule has 0 unspecified atom stereocenters. The van der Waals surface area contributed by atoms with Gasteiger partial charge in [-0.05, 0) is 35.4 Å². The van der Waals surface area contributed by atoms with E-state index in [0.717, 1.165) is 16.7 Å². The molecule has 1 aliphatic carbocycles. The molecule has 0 amide bonds. The molecule has 0 saturated heterocycles. The summed E-state index contributed by atoms with van der Waals surface area (Å²) in [5, 5.41) is 4.06. The highest BCUT2D eigenvalue weighted by atomic mass is 16.6. The van der Waals surface area contributed by atoms with Gasteiger partial charge in [0.25, 0.3) is 0 Å². The van der Waals surface area contributed by atoms with Gasteiger partial charge >= 0.3 is 0 Å². The van der Waals surface area contributed by atoms with Gasteiger partial charge in [-0.1, -0.05) is 85.6 Å². The minimum absolute atomic E-state index is 0.454. The summed E-state index contributed by atoms with van der Waals surface area (Å²) in [7, 11) is 0. The maximum atomic E-state index is 5.43. The van der Waals surface area contributed by atoms with Crippen LogP contribution in [0.25, 0.3) is 6.08 Å². The van der Waals surface area contributed by atoms with Crippen LogP contribution in [0.2, 0.25) is 0 Å². The van der Waals surface area contributed by atoms with E-state index < -0.39 is 0 Å². The zero-order valence-corrected chi connectivity index (χ0v) is 14.1. The molecule has 0 aliphatic heterocycles. The molecule has 2 nitrogen and oxygen atoms in total. The summed E-state index contributed by atoms with van der Waals surface area (Å²) < 4.78 is 0. The Kier molecular flexibility index (Phi) is 5.84. The molecule has 24 heavy (non-hydrogen) atoms. The third kappa shape index (κ3) is 4.35. The molecular weight excluding hydrogens is 294 g/mol. The molecule has 1 radical (unpaired) electrons. The lowest BCUT2D eigenvalue weighted by atomic mass is 9.82. The Bertz CT molecular complexity index is 681. The van der Waals surface area contributed by atoms with E-state index in [1.165, 1.54) is 37.7 Å². The third-order valence-corrected chi connectivity index (χ3v) is 4.68. The molecule has 0 aromatic heterocycles. The van der Waals surface area contributed by atoms with Crippen molar-refractivity contribution in [3.8, 4) is 0 Å². The molecule has 2 aromatic rings. The first-order chi connectivity index (χ1) is 11.9. The first kappa shape index (κ1) is 16.5. The van der Waals surface area contributed by atoms with Crippen LogP contribution in [-0.2, 0) is 11.4 Å². The fraction of sp³-hybridized carbons (Fsp3) is 0.318. The Hall–Kier alpha value is -2.35. The van der Waals surface area contributed by atoms with E-state index in [4.69, 9.17) is 4.84 Å². The average molecular weight is 318 g/mol. The molecule has 0 atom stereocenters. The number of nitrogens with zero attached hydrogens (tertiary/aromatic N) is 1. The first-order valence-corrected chi connectivity index (χ1v) is 8.75. The van der Waals surface area contributed by atoms with Crippen molar-refractivity contribution < 1.29 is 4.84 Å². The molecule has 0 bridgehead atoms. The van der Waals surface area contributed by atoms with Crippen molar-refractivity contribution in [2.45, 2.75) is 44.6 Å². The van der Waals surface area contributed by atoms with Gasteiger partial charge < -0.3 is 4.84 Å². The largest absolute Gasteiger partial charge is 0.390 e. The van der Waals surface area contributed by atoms with E-state index >= 15 is 0 Å². The van der Waals surface area contributed by atoms with Crippen LogP contribution in [0, 0.1) is 0 Å². The van der Waals surface area contributed by atoms with Crippen molar-refractivity contribution in [1.82, 2.24) is 0 Å². The van der Waals surface area contributed by atoms with Crippen LogP contribution in [0.15, 0.2) is 60.3 Å². The van der Waals surface area contributed by atoms with Crippen molar-refractivity contribution in [2.75, 3.05) is 0 Å². The zero-order valence-electron chi connectivity index (χ0n) is 14.1. The Morgan fingerprint density at radius 1 is 1.04 bits per heavy atom. The van der Waals surface area contributed by atoms with Gasteiger partial charge in [-0.3, -0.25) is 0 Å². The van der Waals surface area contributed by atoms with Gasteiger partial charge in [0.05, 0.1) is 0 Å². The topological polar surface area (TPSA) is 21.6 Å². The second-order valence-corrected chi connectivity index (χ2v) is 6.34. The maximum Gasteiger partial charge on any atom is 0.142 e. The standard InChI is InChI=1S/C22H24NO/c1-2-18-12-14-19(15-13-18)17-24-23-16-21-10-6-7-11-22(21)20-8-4-3-5-9-20/h2,6-7,10-15,20H,1,3-5,8-9,17H2. The van der Waals surface area contributed by atoms with Gasteiger partial charge in [0.1, 0.15) is 12.8 Å².